The molecule has 33 heavy (non-hydrogen) atoms. The number of rotatable bonds is 8. The Labute approximate surface area is 194 Å². The predicted octanol–water partition coefficient (Wildman–Crippen LogP) is 3.58. The second-order valence-electron chi connectivity index (χ2n) is 8.07. The summed E-state index contributed by atoms with van der Waals surface area (Å²) >= 11 is 0. The normalized spacial score (nSPS) is 13.8. The Hall–Kier alpha value is -3.42. The van der Waals surface area contributed by atoms with Gasteiger partial charge in [-0.3, -0.25) is 14.5 Å². The van der Waals surface area contributed by atoms with Crippen molar-refractivity contribution in [2.45, 2.75) is 6.92 Å². The second-order valence-corrected chi connectivity index (χ2v) is 8.07. The highest BCUT2D eigenvalue weighted by Gasteiger charge is 2.15. The monoisotopic (exact) mass is 446 g/mol. The van der Waals surface area contributed by atoms with Crippen molar-refractivity contribution >= 4 is 39.6 Å². The van der Waals surface area contributed by atoms with Crippen molar-refractivity contribution in [1.29, 1.82) is 0 Å². The number of nitrogens with one attached hydrogen (secondary N) is 2. The van der Waals surface area contributed by atoms with E-state index in [1.807, 2.05) is 78.6 Å². The van der Waals surface area contributed by atoms with E-state index in [9.17, 15) is 9.59 Å². The number of benzene rings is 3. The summed E-state index contributed by atoms with van der Waals surface area (Å²) in [5.74, 6) is -0.287. The van der Waals surface area contributed by atoms with Crippen LogP contribution in [0.4, 0.5) is 17.1 Å². The SMILES string of the molecule is CCN(CC(=O)Nc1ccc(N2CCOCC2)cc1)CC(=O)Nc1cccc2ccccc12. The molecular formula is C26H30N4O3. The molecule has 3 aromatic carbocycles. The largest absolute Gasteiger partial charge is 0.378 e. The van der Waals surface area contributed by atoms with E-state index in [0.29, 0.717) is 6.54 Å². The van der Waals surface area contributed by atoms with Crippen molar-refractivity contribution < 1.29 is 14.3 Å². The maximum absolute atomic E-state index is 12.7. The smallest absolute Gasteiger partial charge is 0.238 e. The van der Waals surface area contributed by atoms with Crippen molar-refractivity contribution in [2.75, 3.05) is 61.5 Å². The maximum atomic E-state index is 12.7. The molecule has 7 heteroatoms. The first-order valence-electron chi connectivity index (χ1n) is 11.3. The lowest BCUT2D eigenvalue weighted by Crippen LogP contribution is -2.38. The molecule has 0 atom stereocenters. The molecule has 1 fully saturated rings. The van der Waals surface area contributed by atoms with Gasteiger partial charge < -0.3 is 20.3 Å². The van der Waals surface area contributed by atoms with E-state index in [4.69, 9.17) is 4.74 Å². The molecule has 0 aromatic heterocycles. The van der Waals surface area contributed by atoms with Crippen LogP contribution in [0, 0.1) is 0 Å². The number of carbonyl (C=O) groups excluding carboxylic acids is 2. The number of anilines is 3. The third-order valence-corrected chi connectivity index (χ3v) is 5.77. The van der Waals surface area contributed by atoms with Gasteiger partial charge in [0, 0.05) is 35.5 Å². The van der Waals surface area contributed by atoms with Crippen LogP contribution in [0.25, 0.3) is 10.8 Å². The molecule has 0 spiro atoms. The number of amides is 2. The van der Waals surface area contributed by atoms with Gasteiger partial charge in [-0.2, -0.15) is 0 Å². The molecule has 172 valence electrons. The Balaban J connectivity index is 1.30. The van der Waals surface area contributed by atoms with E-state index >= 15 is 0 Å². The molecule has 7 nitrogen and oxygen atoms in total. The van der Waals surface area contributed by atoms with Crippen LogP contribution >= 0.6 is 0 Å². The second kappa shape index (κ2) is 10.9. The number of likely N-dealkylation sites (N-methyl/N-ethyl adjacent to an activating group) is 1. The average Bonchev–Trinajstić information content (AvgIpc) is 2.85. The first-order valence-corrected chi connectivity index (χ1v) is 11.3. The number of ether oxygens (including phenoxy) is 1. The molecule has 4 rings (SSSR count). The van der Waals surface area contributed by atoms with Gasteiger partial charge in [-0.15, -0.1) is 0 Å². The summed E-state index contributed by atoms with van der Waals surface area (Å²) in [4.78, 5) is 29.3. The van der Waals surface area contributed by atoms with Crippen LogP contribution in [-0.4, -0.2) is 62.7 Å². The summed E-state index contributed by atoms with van der Waals surface area (Å²) in [5.41, 5.74) is 2.64. The van der Waals surface area contributed by atoms with Crippen LogP contribution in [0.15, 0.2) is 66.7 Å². The molecule has 1 saturated heterocycles. The van der Waals surface area contributed by atoms with Crippen molar-refractivity contribution in [2.24, 2.45) is 0 Å². The molecule has 3 aromatic rings. The van der Waals surface area contributed by atoms with Gasteiger partial charge in [-0.05, 0) is 42.3 Å². The Kier molecular flexibility index (Phi) is 7.55. The topological polar surface area (TPSA) is 73.9 Å². The molecule has 0 radical (unpaired) electrons. The van der Waals surface area contributed by atoms with Crippen LogP contribution in [0.5, 0.6) is 0 Å². The van der Waals surface area contributed by atoms with E-state index in [1.54, 1.807) is 0 Å². The van der Waals surface area contributed by atoms with Gasteiger partial charge >= 0.3 is 0 Å². The minimum Gasteiger partial charge on any atom is -0.378 e. The molecular weight excluding hydrogens is 416 g/mol. The van der Waals surface area contributed by atoms with Gasteiger partial charge in [-0.1, -0.05) is 43.3 Å². The maximum Gasteiger partial charge on any atom is 0.238 e. The van der Waals surface area contributed by atoms with Crippen LogP contribution in [0.2, 0.25) is 0 Å². The van der Waals surface area contributed by atoms with Crippen LogP contribution in [-0.2, 0) is 14.3 Å². The van der Waals surface area contributed by atoms with E-state index in [0.717, 1.165) is 54.1 Å². The number of morpholine rings is 1. The van der Waals surface area contributed by atoms with Gasteiger partial charge in [0.1, 0.15) is 0 Å². The fourth-order valence-corrected chi connectivity index (χ4v) is 3.99. The van der Waals surface area contributed by atoms with E-state index in [2.05, 4.69) is 15.5 Å². The van der Waals surface area contributed by atoms with Crippen molar-refractivity contribution in [1.82, 2.24) is 4.90 Å². The Morgan fingerprint density at radius 1 is 0.879 bits per heavy atom. The average molecular weight is 447 g/mol. The number of fused-ring (bicyclic) bond motifs is 1. The standard InChI is InChI=1S/C26H30N4O3/c1-2-29(19-26(32)28-24-9-5-7-20-6-3-4-8-23(20)24)18-25(31)27-21-10-12-22(13-11-21)30-14-16-33-17-15-30/h3-13H,2,14-19H2,1H3,(H,27,31)(H,28,32). The van der Waals surface area contributed by atoms with Crippen LogP contribution < -0.4 is 15.5 Å². The zero-order valence-corrected chi connectivity index (χ0v) is 18.9. The predicted molar refractivity (Wildman–Crippen MR) is 133 cm³/mol. The fourth-order valence-electron chi connectivity index (χ4n) is 3.99. The summed E-state index contributed by atoms with van der Waals surface area (Å²) in [6.45, 7) is 6.03. The highest BCUT2D eigenvalue weighted by molar-refractivity contribution is 6.03. The Morgan fingerprint density at radius 2 is 1.55 bits per heavy atom. The molecule has 0 unspecified atom stereocenters. The molecule has 0 aliphatic carbocycles. The van der Waals surface area contributed by atoms with Crippen LogP contribution in [0.1, 0.15) is 6.92 Å². The molecule has 1 heterocycles. The molecule has 2 N–H and O–H groups in total. The number of hydrogen-bond acceptors (Lipinski definition) is 5. The third kappa shape index (κ3) is 6.09. The Bertz CT molecular complexity index is 1090. The number of hydrogen-bond donors (Lipinski definition) is 2. The lowest BCUT2D eigenvalue weighted by atomic mass is 10.1. The molecule has 2 amide bonds. The lowest BCUT2D eigenvalue weighted by Gasteiger charge is -2.29. The van der Waals surface area contributed by atoms with Gasteiger partial charge in [-0.25, -0.2) is 0 Å². The van der Waals surface area contributed by atoms with E-state index in [1.165, 1.54) is 0 Å². The molecule has 0 saturated carbocycles. The first-order chi connectivity index (χ1) is 16.1. The zero-order chi connectivity index (χ0) is 23.0. The highest BCUT2D eigenvalue weighted by atomic mass is 16.5. The summed E-state index contributed by atoms with van der Waals surface area (Å²) in [6.07, 6.45) is 0. The van der Waals surface area contributed by atoms with Crippen molar-refractivity contribution in [3.63, 3.8) is 0 Å². The molecule has 1 aliphatic rings. The summed E-state index contributed by atoms with van der Waals surface area (Å²) in [7, 11) is 0. The van der Waals surface area contributed by atoms with Crippen molar-refractivity contribution in [3.05, 3.63) is 66.7 Å². The lowest BCUT2D eigenvalue weighted by molar-refractivity contribution is -0.119. The van der Waals surface area contributed by atoms with Gasteiger partial charge in [0.15, 0.2) is 0 Å². The Morgan fingerprint density at radius 3 is 2.27 bits per heavy atom. The highest BCUT2D eigenvalue weighted by Crippen LogP contribution is 2.23. The fraction of sp³-hybridized carbons (Fsp3) is 0.308. The van der Waals surface area contributed by atoms with E-state index < -0.39 is 0 Å². The van der Waals surface area contributed by atoms with Crippen molar-refractivity contribution in [3.8, 4) is 0 Å². The third-order valence-electron chi connectivity index (χ3n) is 5.77. The molecule has 1 aliphatic heterocycles. The van der Waals surface area contributed by atoms with Crippen LogP contribution in [0.3, 0.4) is 0 Å². The quantitative estimate of drug-likeness (QED) is 0.553. The number of nitrogens with zero attached hydrogens (tertiary/aromatic N) is 2. The number of carbonyl (C=O) groups is 2. The summed E-state index contributed by atoms with van der Waals surface area (Å²) in [5, 5.41) is 7.98. The van der Waals surface area contributed by atoms with Gasteiger partial charge in [0.25, 0.3) is 0 Å². The minimum absolute atomic E-state index is 0.142. The molecule has 0 bridgehead atoms. The van der Waals surface area contributed by atoms with Gasteiger partial charge in [0.2, 0.25) is 11.8 Å². The first kappa shape index (κ1) is 22.8. The summed E-state index contributed by atoms with van der Waals surface area (Å²) in [6, 6.07) is 21.6. The zero-order valence-electron chi connectivity index (χ0n) is 18.9. The summed E-state index contributed by atoms with van der Waals surface area (Å²) < 4.78 is 5.39. The van der Waals surface area contributed by atoms with E-state index in [-0.39, 0.29) is 24.9 Å². The van der Waals surface area contributed by atoms with Gasteiger partial charge in [0.05, 0.1) is 26.3 Å². The minimum atomic E-state index is -0.145.